The van der Waals surface area contributed by atoms with Crippen molar-refractivity contribution in [2.75, 3.05) is 11.9 Å². The summed E-state index contributed by atoms with van der Waals surface area (Å²) in [7, 11) is 0. The van der Waals surface area contributed by atoms with Crippen LogP contribution in [0.4, 0.5) is 5.69 Å². The number of rotatable bonds is 7. The van der Waals surface area contributed by atoms with E-state index in [9.17, 15) is 9.59 Å². The number of ether oxygens (including phenoxy) is 1. The van der Waals surface area contributed by atoms with E-state index in [-0.39, 0.29) is 17.9 Å². The third kappa shape index (κ3) is 4.49. The van der Waals surface area contributed by atoms with Crippen LogP contribution in [-0.2, 0) is 11.3 Å². The molecule has 5 aromatic heterocycles. The summed E-state index contributed by atoms with van der Waals surface area (Å²) < 4.78 is 10.9. The van der Waals surface area contributed by atoms with Crippen molar-refractivity contribution in [1.29, 1.82) is 0 Å². The highest BCUT2D eigenvalue weighted by atomic mass is 79.9. The van der Waals surface area contributed by atoms with Gasteiger partial charge < -0.3 is 10.1 Å². The molecule has 0 saturated carbocycles. The zero-order valence-electron chi connectivity index (χ0n) is 21.4. The van der Waals surface area contributed by atoms with E-state index >= 15 is 0 Å². The third-order valence-corrected chi connectivity index (χ3v) is 6.77. The Morgan fingerprint density at radius 2 is 1.82 bits per heavy atom. The molecule has 1 aromatic carbocycles. The quantitative estimate of drug-likeness (QED) is 0.265. The second-order valence-electron chi connectivity index (χ2n) is 8.69. The van der Waals surface area contributed by atoms with E-state index in [0.717, 1.165) is 16.6 Å². The summed E-state index contributed by atoms with van der Waals surface area (Å²) in [5.41, 5.74) is 4.79. The van der Waals surface area contributed by atoms with Crippen molar-refractivity contribution >= 4 is 44.8 Å². The van der Waals surface area contributed by atoms with Crippen molar-refractivity contribution in [3.8, 4) is 22.6 Å². The molecule has 0 unspecified atom stereocenters. The van der Waals surface area contributed by atoms with Crippen LogP contribution in [0.3, 0.4) is 0 Å². The second kappa shape index (κ2) is 10.3. The lowest BCUT2D eigenvalue weighted by molar-refractivity contribution is 0.0528. The maximum Gasteiger partial charge on any atom is 0.343 e. The van der Waals surface area contributed by atoms with E-state index in [4.69, 9.17) is 4.74 Å². The van der Waals surface area contributed by atoms with Crippen LogP contribution in [0.15, 0.2) is 71.7 Å². The van der Waals surface area contributed by atoms with Crippen molar-refractivity contribution in [3.05, 3.63) is 83.0 Å². The average molecular weight is 600 g/mol. The molecule has 12 nitrogen and oxygen atoms in total. The van der Waals surface area contributed by atoms with Gasteiger partial charge in [0.15, 0.2) is 17.0 Å². The fourth-order valence-corrected chi connectivity index (χ4v) is 4.85. The Morgan fingerprint density at radius 1 is 1.00 bits per heavy atom. The topological polar surface area (TPSA) is 134 Å². The van der Waals surface area contributed by atoms with Gasteiger partial charge in [0.2, 0.25) is 0 Å². The van der Waals surface area contributed by atoms with Gasteiger partial charge in [-0.1, -0.05) is 12.1 Å². The molecule has 200 valence electrons. The molecule has 13 heteroatoms. The van der Waals surface area contributed by atoms with Crippen molar-refractivity contribution < 1.29 is 14.3 Å². The van der Waals surface area contributed by atoms with Gasteiger partial charge in [0, 0.05) is 42.5 Å². The Bertz CT molecular complexity index is 1910. The van der Waals surface area contributed by atoms with Crippen LogP contribution in [-0.4, -0.2) is 57.5 Å². The average Bonchev–Trinajstić information content (AvgIpc) is 3.69. The predicted molar refractivity (Wildman–Crippen MR) is 150 cm³/mol. The monoisotopic (exact) mass is 599 g/mol. The number of hydrogen-bond acceptors (Lipinski definition) is 8. The standard InChI is InChI=1S/C27H22BrN9O3/c1-3-35-15-19(28)24(34-35)22-9-10-29-23-13-20(33-36(22)23)26(38)32-17-7-5-6-16(12-17)21-8-11-30-25-18(14-31-37(21)25)27(39)40-4-2/h5-15H,3-4H2,1-2H3,(H,32,38). The Morgan fingerprint density at radius 3 is 2.62 bits per heavy atom. The van der Waals surface area contributed by atoms with Gasteiger partial charge in [0.05, 0.1) is 28.7 Å². The van der Waals surface area contributed by atoms with Crippen LogP contribution in [0.1, 0.15) is 34.7 Å². The first kappa shape index (κ1) is 25.4. The van der Waals surface area contributed by atoms with Gasteiger partial charge in [-0.05, 0) is 54.0 Å². The summed E-state index contributed by atoms with van der Waals surface area (Å²) in [5.74, 6) is -0.880. The van der Waals surface area contributed by atoms with Crippen LogP contribution in [0.5, 0.6) is 0 Å². The van der Waals surface area contributed by atoms with Gasteiger partial charge in [-0.2, -0.15) is 15.3 Å². The van der Waals surface area contributed by atoms with E-state index in [1.165, 1.54) is 6.20 Å². The van der Waals surface area contributed by atoms with Gasteiger partial charge in [-0.15, -0.1) is 0 Å². The Balaban J connectivity index is 1.30. The minimum absolute atomic E-state index is 0.203. The molecule has 0 radical (unpaired) electrons. The number of nitrogens with one attached hydrogen (secondary N) is 1. The number of benzene rings is 1. The third-order valence-electron chi connectivity index (χ3n) is 6.19. The number of esters is 1. The number of fused-ring (bicyclic) bond motifs is 2. The highest BCUT2D eigenvalue weighted by Gasteiger charge is 2.19. The molecule has 5 heterocycles. The first-order valence-electron chi connectivity index (χ1n) is 12.5. The number of carbonyl (C=O) groups excluding carboxylic acids is 2. The lowest BCUT2D eigenvalue weighted by atomic mass is 10.1. The Kier molecular flexibility index (Phi) is 6.56. The highest BCUT2D eigenvalue weighted by molar-refractivity contribution is 9.10. The number of aryl methyl sites for hydroxylation is 1. The van der Waals surface area contributed by atoms with Gasteiger partial charge in [-0.25, -0.2) is 23.8 Å². The van der Waals surface area contributed by atoms with Gasteiger partial charge in [0.1, 0.15) is 11.3 Å². The molecule has 0 spiro atoms. The van der Waals surface area contributed by atoms with Crippen molar-refractivity contribution in [2.24, 2.45) is 0 Å². The Hall–Kier alpha value is -4.91. The SMILES string of the molecule is CCOC(=O)c1cnn2c(-c3cccc(NC(=O)c4cc5nccc(-c6nn(CC)cc6Br)n5n4)c3)ccnc12. The van der Waals surface area contributed by atoms with E-state index in [1.54, 1.807) is 52.6 Å². The molecule has 0 bridgehead atoms. The summed E-state index contributed by atoms with van der Waals surface area (Å²) in [6, 6.07) is 12.5. The molecule has 1 N–H and O–H groups in total. The number of nitrogens with zero attached hydrogens (tertiary/aromatic N) is 8. The molecule has 40 heavy (non-hydrogen) atoms. The first-order chi connectivity index (χ1) is 19.5. The molecule has 0 atom stereocenters. The molecular weight excluding hydrogens is 578 g/mol. The molecule has 0 aliphatic carbocycles. The molecular formula is C27H22BrN9O3. The minimum Gasteiger partial charge on any atom is -0.462 e. The highest BCUT2D eigenvalue weighted by Crippen LogP contribution is 2.28. The van der Waals surface area contributed by atoms with Crippen LogP contribution in [0, 0.1) is 0 Å². The molecule has 0 saturated heterocycles. The summed E-state index contributed by atoms with van der Waals surface area (Å²) in [6.07, 6.45) is 6.59. The van der Waals surface area contributed by atoms with Crippen LogP contribution in [0.2, 0.25) is 0 Å². The van der Waals surface area contributed by atoms with E-state index in [2.05, 4.69) is 46.5 Å². The smallest absolute Gasteiger partial charge is 0.343 e. The molecule has 6 aromatic rings. The van der Waals surface area contributed by atoms with Gasteiger partial charge in [-0.3, -0.25) is 9.48 Å². The number of aromatic nitrogens is 8. The number of carbonyl (C=O) groups is 2. The van der Waals surface area contributed by atoms with E-state index in [0.29, 0.717) is 34.1 Å². The number of amides is 1. The molecule has 6 rings (SSSR count). The number of hydrogen-bond donors (Lipinski definition) is 1. The zero-order chi connectivity index (χ0) is 27.8. The zero-order valence-corrected chi connectivity index (χ0v) is 23.0. The molecule has 0 aliphatic rings. The number of halogens is 1. The van der Waals surface area contributed by atoms with Crippen molar-refractivity contribution in [2.45, 2.75) is 20.4 Å². The van der Waals surface area contributed by atoms with Crippen molar-refractivity contribution in [1.82, 2.24) is 39.0 Å². The maximum absolute atomic E-state index is 13.2. The molecule has 1 amide bonds. The van der Waals surface area contributed by atoms with E-state index < -0.39 is 11.9 Å². The van der Waals surface area contributed by atoms with Crippen LogP contribution >= 0.6 is 15.9 Å². The lowest BCUT2D eigenvalue weighted by Gasteiger charge is -2.08. The van der Waals surface area contributed by atoms with Gasteiger partial charge in [0.25, 0.3) is 5.91 Å². The maximum atomic E-state index is 13.2. The van der Waals surface area contributed by atoms with Gasteiger partial charge >= 0.3 is 5.97 Å². The van der Waals surface area contributed by atoms with E-state index in [1.807, 2.05) is 36.0 Å². The summed E-state index contributed by atoms with van der Waals surface area (Å²) in [4.78, 5) is 34.2. The first-order valence-corrected chi connectivity index (χ1v) is 13.3. The van der Waals surface area contributed by atoms with Crippen molar-refractivity contribution in [3.63, 3.8) is 0 Å². The van der Waals surface area contributed by atoms with Crippen LogP contribution in [0.25, 0.3) is 33.9 Å². The lowest BCUT2D eigenvalue weighted by Crippen LogP contribution is -2.13. The predicted octanol–water partition coefficient (Wildman–Crippen LogP) is 4.51. The summed E-state index contributed by atoms with van der Waals surface area (Å²) >= 11 is 3.56. The fourth-order valence-electron chi connectivity index (χ4n) is 4.33. The second-order valence-corrected chi connectivity index (χ2v) is 9.54. The summed E-state index contributed by atoms with van der Waals surface area (Å²) in [5, 5.41) is 16.4. The summed E-state index contributed by atoms with van der Waals surface area (Å²) in [6.45, 7) is 4.72. The normalized spacial score (nSPS) is 11.3. The minimum atomic E-state index is -0.487. The molecule has 0 fully saturated rings. The largest absolute Gasteiger partial charge is 0.462 e. The fraction of sp³-hybridized carbons (Fsp3) is 0.148. The Labute approximate surface area is 235 Å². The van der Waals surface area contributed by atoms with Crippen LogP contribution < -0.4 is 5.32 Å². The number of anilines is 1. The molecule has 0 aliphatic heterocycles.